The molecule has 144 valence electrons. The van der Waals surface area contributed by atoms with Crippen LogP contribution in [-0.2, 0) is 0 Å². The maximum Gasteiger partial charge on any atom is 0.272 e. The summed E-state index contributed by atoms with van der Waals surface area (Å²) in [6.07, 6.45) is 5.19. The zero-order valence-corrected chi connectivity index (χ0v) is 15.7. The molecule has 1 saturated heterocycles. The highest BCUT2D eigenvalue weighted by Crippen LogP contribution is 2.35. The summed E-state index contributed by atoms with van der Waals surface area (Å²) in [7, 11) is 0. The van der Waals surface area contributed by atoms with Gasteiger partial charge in [0.1, 0.15) is 11.5 Å². The van der Waals surface area contributed by atoms with E-state index >= 15 is 0 Å². The smallest absolute Gasteiger partial charge is 0.272 e. The number of hydrogen-bond acceptors (Lipinski definition) is 2. The SMILES string of the molecule is O=C(Nc1cccc(F)c1)c1cc2cc([C@@H]3CCCN(C4CC4)C3)ccc2[nH]1. The molecule has 1 aliphatic carbocycles. The largest absolute Gasteiger partial charge is 0.351 e. The van der Waals surface area contributed by atoms with Gasteiger partial charge >= 0.3 is 0 Å². The fourth-order valence-electron chi connectivity index (χ4n) is 4.34. The monoisotopic (exact) mass is 377 g/mol. The van der Waals surface area contributed by atoms with Gasteiger partial charge in [-0.05, 0) is 80.1 Å². The quantitative estimate of drug-likeness (QED) is 0.679. The van der Waals surface area contributed by atoms with Crippen molar-refractivity contribution in [2.75, 3.05) is 18.4 Å². The van der Waals surface area contributed by atoms with Crippen molar-refractivity contribution >= 4 is 22.5 Å². The molecule has 0 bridgehead atoms. The van der Waals surface area contributed by atoms with Crippen LogP contribution in [0.25, 0.3) is 10.9 Å². The number of fused-ring (bicyclic) bond motifs is 1. The molecule has 5 heteroatoms. The first-order valence-electron chi connectivity index (χ1n) is 10.1. The first-order valence-corrected chi connectivity index (χ1v) is 10.1. The molecular weight excluding hydrogens is 353 g/mol. The number of nitrogens with zero attached hydrogens (tertiary/aromatic N) is 1. The average molecular weight is 377 g/mol. The minimum atomic E-state index is -0.369. The van der Waals surface area contributed by atoms with Gasteiger partial charge in [-0.2, -0.15) is 0 Å². The summed E-state index contributed by atoms with van der Waals surface area (Å²) in [4.78, 5) is 18.4. The molecule has 2 fully saturated rings. The molecule has 1 saturated carbocycles. The van der Waals surface area contributed by atoms with Crippen LogP contribution in [0.4, 0.5) is 10.1 Å². The summed E-state index contributed by atoms with van der Waals surface area (Å²) in [6, 6.07) is 15.1. The number of amides is 1. The Morgan fingerprint density at radius 1 is 1.11 bits per heavy atom. The molecule has 0 spiro atoms. The van der Waals surface area contributed by atoms with E-state index < -0.39 is 0 Å². The third kappa shape index (κ3) is 3.54. The minimum Gasteiger partial charge on any atom is -0.351 e. The molecule has 3 aromatic rings. The molecule has 2 aromatic carbocycles. The fraction of sp³-hybridized carbons (Fsp3) is 0.348. The van der Waals surface area contributed by atoms with E-state index in [1.807, 2.05) is 6.07 Å². The zero-order valence-electron chi connectivity index (χ0n) is 15.7. The lowest BCUT2D eigenvalue weighted by molar-refractivity contribution is 0.102. The van der Waals surface area contributed by atoms with Crippen LogP contribution in [0.2, 0.25) is 0 Å². The number of carbonyl (C=O) groups excluding carboxylic acids is 1. The number of H-pyrrole nitrogens is 1. The van der Waals surface area contributed by atoms with Crippen LogP contribution in [0.1, 0.15) is 47.7 Å². The number of likely N-dealkylation sites (tertiary alicyclic amines) is 1. The van der Waals surface area contributed by atoms with Crippen LogP contribution in [0.15, 0.2) is 48.5 Å². The molecule has 1 amide bonds. The lowest BCUT2D eigenvalue weighted by Gasteiger charge is -2.33. The molecule has 2 aliphatic rings. The minimum absolute atomic E-state index is 0.263. The van der Waals surface area contributed by atoms with E-state index in [0.29, 0.717) is 17.3 Å². The standard InChI is InChI=1S/C23H24FN3O/c24-18-4-1-5-19(13-18)25-23(28)22-12-17-11-15(6-9-21(17)26-22)16-3-2-10-27(14-16)20-7-8-20/h1,4-6,9,11-13,16,20,26H,2-3,7-8,10,14H2,(H,25,28)/t16-/m1/s1. The van der Waals surface area contributed by atoms with Gasteiger partial charge in [0.05, 0.1) is 0 Å². The molecule has 4 nitrogen and oxygen atoms in total. The number of aromatic nitrogens is 1. The zero-order chi connectivity index (χ0) is 19.1. The number of halogens is 1. The second-order valence-corrected chi connectivity index (χ2v) is 8.06. The van der Waals surface area contributed by atoms with Gasteiger partial charge in [0.2, 0.25) is 0 Å². The highest BCUT2D eigenvalue weighted by Gasteiger charge is 2.32. The predicted octanol–water partition coefficient (Wildman–Crippen LogP) is 4.90. The molecular formula is C23H24FN3O. The number of nitrogens with one attached hydrogen (secondary N) is 2. The van der Waals surface area contributed by atoms with E-state index in [2.05, 4.69) is 33.4 Å². The maximum atomic E-state index is 13.3. The van der Waals surface area contributed by atoms with E-state index in [1.54, 1.807) is 12.1 Å². The van der Waals surface area contributed by atoms with Crippen molar-refractivity contribution in [1.29, 1.82) is 0 Å². The third-order valence-corrected chi connectivity index (χ3v) is 5.96. The number of anilines is 1. The van der Waals surface area contributed by atoms with E-state index in [-0.39, 0.29) is 11.7 Å². The van der Waals surface area contributed by atoms with Gasteiger partial charge in [-0.15, -0.1) is 0 Å². The highest BCUT2D eigenvalue weighted by atomic mass is 19.1. The fourth-order valence-corrected chi connectivity index (χ4v) is 4.34. The number of carbonyl (C=O) groups is 1. The Morgan fingerprint density at radius 3 is 2.82 bits per heavy atom. The number of aromatic amines is 1. The number of piperidine rings is 1. The number of rotatable bonds is 4. The van der Waals surface area contributed by atoms with Crippen molar-refractivity contribution in [3.63, 3.8) is 0 Å². The van der Waals surface area contributed by atoms with Crippen molar-refractivity contribution in [1.82, 2.24) is 9.88 Å². The van der Waals surface area contributed by atoms with Gasteiger partial charge in [-0.3, -0.25) is 9.69 Å². The van der Waals surface area contributed by atoms with Crippen molar-refractivity contribution < 1.29 is 9.18 Å². The van der Waals surface area contributed by atoms with Crippen LogP contribution < -0.4 is 5.32 Å². The van der Waals surface area contributed by atoms with Gasteiger partial charge in [0, 0.05) is 29.2 Å². The van der Waals surface area contributed by atoms with Crippen LogP contribution in [0.5, 0.6) is 0 Å². The number of benzene rings is 2. The summed E-state index contributed by atoms with van der Waals surface area (Å²) in [6.45, 7) is 2.38. The Balaban J connectivity index is 1.35. The predicted molar refractivity (Wildman–Crippen MR) is 109 cm³/mol. The Morgan fingerprint density at radius 2 is 2.00 bits per heavy atom. The van der Waals surface area contributed by atoms with Gasteiger partial charge < -0.3 is 10.3 Å². The summed E-state index contributed by atoms with van der Waals surface area (Å²) in [5, 5.41) is 3.79. The molecule has 0 radical (unpaired) electrons. The average Bonchev–Trinajstić information content (AvgIpc) is 3.46. The molecule has 28 heavy (non-hydrogen) atoms. The van der Waals surface area contributed by atoms with Crippen LogP contribution in [-0.4, -0.2) is 34.9 Å². The lowest BCUT2D eigenvalue weighted by Crippen LogP contribution is -2.35. The molecule has 1 atom stereocenters. The second-order valence-electron chi connectivity index (χ2n) is 8.06. The van der Waals surface area contributed by atoms with Crippen molar-refractivity contribution in [3.05, 3.63) is 65.6 Å². The first kappa shape index (κ1) is 17.4. The first-order chi connectivity index (χ1) is 13.7. The Labute approximate surface area is 163 Å². The van der Waals surface area contributed by atoms with E-state index in [0.717, 1.165) is 23.5 Å². The van der Waals surface area contributed by atoms with Crippen molar-refractivity contribution in [2.24, 2.45) is 0 Å². The highest BCUT2D eigenvalue weighted by molar-refractivity contribution is 6.06. The van der Waals surface area contributed by atoms with E-state index in [4.69, 9.17) is 0 Å². The van der Waals surface area contributed by atoms with Crippen LogP contribution in [0, 0.1) is 5.82 Å². The normalized spacial score (nSPS) is 20.4. The van der Waals surface area contributed by atoms with Crippen LogP contribution >= 0.6 is 0 Å². The molecule has 0 unspecified atom stereocenters. The molecule has 5 rings (SSSR count). The Bertz CT molecular complexity index is 1020. The summed E-state index contributed by atoms with van der Waals surface area (Å²) in [5.74, 6) is -0.0639. The topological polar surface area (TPSA) is 48.1 Å². The summed E-state index contributed by atoms with van der Waals surface area (Å²) < 4.78 is 13.3. The van der Waals surface area contributed by atoms with E-state index in [1.165, 1.54) is 49.9 Å². The number of hydrogen-bond donors (Lipinski definition) is 2. The molecule has 2 N–H and O–H groups in total. The van der Waals surface area contributed by atoms with Gasteiger partial charge in [0.25, 0.3) is 5.91 Å². The van der Waals surface area contributed by atoms with Crippen LogP contribution in [0.3, 0.4) is 0 Å². The third-order valence-electron chi connectivity index (χ3n) is 5.96. The van der Waals surface area contributed by atoms with Gasteiger partial charge in [0.15, 0.2) is 0 Å². The second kappa shape index (κ2) is 7.06. The van der Waals surface area contributed by atoms with Crippen molar-refractivity contribution in [3.8, 4) is 0 Å². The van der Waals surface area contributed by atoms with E-state index in [9.17, 15) is 9.18 Å². The molecule has 2 heterocycles. The molecule has 1 aliphatic heterocycles. The summed E-state index contributed by atoms with van der Waals surface area (Å²) in [5.41, 5.74) is 3.24. The summed E-state index contributed by atoms with van der Waals surface area (Å²) >= 11 is 0. The maximum absolute atomic E-state index is 13.3. The van der Waals surface area contributed by atoms with Gasteiger partial charge in [-0.25, -0.2) is 4.39 Å². The van der Waals surface area contributed by atoms with Crippen molar-refractivity contribution in [2.45, 2.75) is 37.6 Å². The van der Waals surface area contributed by atoms with Gasteiger partial charge in [-0.1, -0.05) is 12.1 Å². The Hall–Kier alpha value is -2.66. The molecule has 1 aromatic heterocycles. The lowest BCUT2D eigenvalue weighted by atomic mass is 9.90. The Kier molecular flexibility index (Phi) is 4.40.